The molecule has 2 heterocycles. The summed E-state index contributed by atoms with van der Waals surface area (Å²) >= 11 is 1.28. The molecule has 2 aromatic carbocycles. The Morgan fingerprint density at radius 1 is 0.971 bits per heavy atom. The lowest BCUT2D eigenvalue weighted by molar-refractivity contribution is -0.384. The van der Waals surface area contributed by atoms with E-state index in [0.29, 0.717) is 33.7 Å². The number of aryl methyl sites for hydroxylation is 1. The average molecular weight is 496 g/mol. The molecular weight excluding hydrogens is 474 g/mol. The third kappa shape index (κ3) is 4.47. The number of aromatic nitrogens is 4. The van der Waals surface area contributed by atoms with E-state index in [4.69, 9.17) is 9.47 Å². The Balaban J connectivity index is 1.86. The standard InChI is InChI=1S/C23H21N5O6S/c1-26-20-18(22(29)27(2)23(26)30)21(35-12-13-5-8-15(9-6-13)28(31)32)25-19(24-20)14-7-10-16(33-3)17(11-14)34-4/h5-11H,12H2,1-4H3. The van der Waals surface area contributed by atoms with Crippen LogP contribution in [0, 0.1) is 10.1 Å². The lowest BCUT2D eigenvalue weighted by atomic mass is 10.2. The minimum Gasteiger partial charge on any atom is -0.493 e. The van der Waals surface area contributed by atoms with Crippen molar-refractivity contribution < 1.29 is 14.4 Å². The number of rotatable bonds is 7. The number of thioether (sulfide) groups is 1. The van der Waals surface area contributed by atoms with Gasteiger partial charge < -0.3 is 9.47 Å². The molecular formula is C23H21N5O6S. The summed E-state index contributed by atoms with van der Waals surface area (Å²) in [6.45, 7) is 0. The molecule has 0 atom stereocenters. The van der Waals surface area contributed by atoms with Crippen molar-refractivity contribution in [2.24, 2.45) is 14.1 Å². The van der Waals surface area contributed by atoms with Crippen molar-refractivity contribution in [3.63, 3.8) is 0 Å². The molecule has 0 aliphatic rings. The third-order valence-electron chi connectivity index (χ3n) is 5.43. The Bertz CT molecular complexity index is 1560. The minimum absolute atomic E-state index is 0.00848. The molecule has 180 valence electrons. The number of nitro groups is 1. The summed E-state index contributed by atoms with van der Waals surface area (Å²) in [6, 6.07) is 11.3. The molecule has 0 amide bonds. The normalized spacial score (nSPS) is 11.0. The zero-order chi connectivity index (χ0) is 25.3. The number of ether oxygens (including phenoxy) is 2. The van der Waals surface area contributed by atoms with Gasteiger partial charge in [0.15, 0.2) is 23.0 Å². The molecule has 0 bridgehead atoms. The predicted molar refractivity (Wildman–Crippen MR) is 131 cm³/mol. The van der Waals surface area contributed by atoms with Crippen molar-refractivity contribution in [3.8, 4) is 22.9 Å². The average Bonchev–Trinajstić information content (AvgIpc) is 2.88. The van der Waals surface area contributed by atoms with Gasteiger partial charge in [-0.1, -0.05) is 12.1 Å². The fraction of sp³-hybridized carbons (Fsp3) is 0.217. The van der Waals surface area contributed by atoms with E-state index in [9.17, 15) is 19.7 Å². The molecule has 0 saturated heterocycles. The van der Waals surface area contributed by atoms with Crippen molar-refractivity contribution in [1.29, 1.82) is 0 Å². The first-order valence-electron chi connectivity index (χ1n) is 10.3. The zero-order valence-electron chi connectivity index (χ0n) is 19.3. The second-order valence-electron chi connectivity index (χ2n) is 7.54. The molecule has 0 aliphatic carbocycles. The Morgan fingerprint density at radius 3 is 2.29 bits per heavy atom. The zero-order valence-corrected chi connectivity index (χ0v) is 20.2. The van der Waals surface area contributed by atoms with E-state index in [-0.39, 0.29) is 16.7 Å². The summed E-state index contributed by atoms with van der Waals surface area (Å²) in [5, 5.41) is 11.5. The van der Waals surface area contributed by atoms with Crippen LogP contribution in [0.1, 0.15) is 5.56 Å². The monoisotopic (exact) mass is 495 g/mol. The summed E-state index contributed by atoms with van der Waals surface area (Å²) in [4.78, 5) is 45.3. The molecule has 0 aliphatic heterocycles. The first kappa shape index (κ1) is 24.0. The smallest absolute Gasteiger partial charge is 0.332 e. The molecule has 11 nitrogen and oxygen atoms in total. The van der Waals surface area contributed by atoms with Gasteiger partial charge in [-0.15, -0.1) is 11.8 Å². The molecule has 4 aromatic rings. The number of non-ortho nitro benzene ring substituents is 1. The van der Waals surface area contributed by atoms with Crippen LogP contribution in [0.3, 0.4) is 0 Å². The van der Waals surface area contributed by atoms with Gasteiger partial charge in [-0.2, -0.15) is 0 Å². The number of fused-ring (bicyclic) bond motifs is 1. The Morgan fingerprint density at radius 2 is 1.66 bits per heavy atom. The SMILES string of the molecule is COc1ccc(-c2nc(SCc3ccc([N+](=O)[O-])cc3)c3c(=O)n(C)c(=O)n(C)c3n2)cc1OC. The fourth-order valence-corrected chi connectivity index (χ4v) is 4.47. The van der Waals surface area contributed by atoms with E-state index < -0.39 is 16.2 Å². The first-order valence-corrected chi connectivity index (χ1v) is 11.3. The van der Waals surface area contributed by atoms with Gasteiger partial charge in [0.25, 0.3) is 11.2 Å². The Kier molecular flexibility index (Phi) is 6.56. The van der Waals surface area contributed by atoms with Gasteiger partial charge >= 0.3 is 5.69 Å². The van der Waals surface area contributed by atoms with Crippen LogP contribution in [-0.2, 0) is 19.8 Å². The maximum atomic E-state index is 13.0. The van der Waals surface area contributed by atoms with Gasteiger partial charge in [0, 0.05) is 37.5 Å². The lowest BCUT2D eigenvalue weighted by Crippen LogP contribution is -2.37. The number of benzene rings is 2. The fourth-order valence-electron chi connectivity index (χ4n) is 3.50. The first-order chi connectivity index (χ1) is 16.7. The number of methoxy groups -OCH3 is 2. The van der Waals surface area contributed by atoms with Crippen LogP contribution >= 0.6 is 11.8 Å². The van der Waals surface area contributed by atoms with Crippen LogP contribution < -0.4 is 20.7 Å². The van der Waals surface area contributed by atoms with E-state index in [1.165, 1.54) is 49.7 Å². The van der Waals surface area contributed by atoms with Gasteiger partial charge in [0.1, 0.15) is 10.4 Å². The predicted octanol–water partition coefficient (Wildman–Crippen LogP) is 2.91. The maximum Gasteiger partial charge on any atom is 0.332 e. The lowest BCUT2D eigenvalue weighted by Gasteiger charge is -2.13. The van der Waals surface area contributed by atoms with Crippen LogP contribution in [0.4, 0.5) is 5.69 Å². The molecule has 35 heavy (non-hydrogen) atoms. The van der Waals surface area contributed by atoms with Crippen molar-refractivity contribution in [2.45, 2.75) is 10.8 Å². The Hall–Kier alpha value is -4.19. The Labute approximate surface area is 203 Å². The molecule has 0 radical (unpaired) electrons. The summed E-state index contributed by atoms with van der Waals surface area (Å²) in [5.74, 6) is 1.70. The number of nitro benzene ring substituents is 1. The van der Waals surface area contributed by atoms with Gasteiger partial charge in [-0.25, -0.2) is 14.8 Å². The summed E-state index contributed by atoms with van der Waals surface area (Å²) < 4.78 is 13.0. The minimum atomic E-state index is -0.509. The number of hydrogen-bond acceptors (Lipinski definition) is 9. The molecule has 0 N–H and O–H groups in total. The summed E-state index contributed by atoms with van der Waals surface area (Å²) in [5.41, 5.74) is 0.588. The summed E-state index contributed by atoms with van der Waals surface area (Å²) in [7, 11) is 5.99. The number of nitrogens with zero attached hydrogens (tertiary/aromatic N) is 5. The van der Waals surface area contributed by atoms with E-state index >= 15 is 0 Å². The van der Waals surface area contributed by atoms with E-state index in [1.54, 1.807) is 37.4 Å². The van der Waals surface area contributed by atoms with E-state index in [0.717, 1.165) is 10.1 Å². The molecule has 0 fully saturated rings. The molecule has 12 heteroatoms. The van der Waals surface area contributed by atoms with Gasteiger partial charge in [-0.3, -0.25) is 24.0 Å². The second-order valence-corrected chi connectivity index (χ2v) is 8.50. The quantitative estimate of drug-likeness (QED) is 0.164. The van der Waals surface area contributed by atoms with Crippen LogP contribution in [0.2, 0.25) is 0 Å². The van der Waals surface area contributed by atoms with Crippen molar-refractivity contribution in [2.75, 3.05) is 14.2 Å². The second kappa shape index (κ2) is 9.58. The van der Waals surface area contributed by atoms with Crippen molar-refractivity contribution in [3.05, 3.63) is 79.0 Å². The highest BCUT2D eigenvalue weighted by atomic mass is 32.2. The van der Waals surface area contributed by atoms with Gasteiger partial charge in [-0.05, 0) is 23.8 Å². The molecule has 2 aromatic heterocycles. The van der Waals surface area contributed by atoms with Crippen LogP contribution in [0.15, 0.2) is 57.1 Å². The van der Waals surface area contributed by atoms with E-state index in [2.05, 4.69) is 9.97 Å². The van der Waals surface area contributed by atoms with Gasteiger partial charge in [0.2, 0.25) is 0 Å². The van der Waals surface area contributed by atoms with Crippen molar-refractivity contribution >= 4 is 28.5 Å². The van der Waals surface area contributed by atoms with Crippen molar-refractivity contribution in [1.82, 2.24) is 19.1 Å². The largest absolute Gasteiger partial charge is 0.493 e. The van der Waals surface area contributed by atoms with Crippen LogP contribution in [0.5, 0.6) is 11.5 Å². The van der Waals surface area contributed by atoms with Crippen LogP contribution in [-0.4, -0.2) is 38.2 Å². The highest BCUT2D eigenvalue weighted by Crippen LogP contribution is 2.33. The van der Waals surface area contributed by atoms with Crippen LogP contribution in [0.25, 0.3) is 22.4 Å². The molecule has 0 saturated carbocycles. The van der Waals surface area contributed by atoms with Gasteiger partial charge in [0.05, 0.1) is 19.1 Å². The summed E-state index contributed by atoms with van der Waals surface area (Å²) in [6.07, 6.45) is 0. The van der Waals surface area contributed by atoms with E-state index in [1.807, 2.05) is 0 Å². The third-order valence-corrected chi connectivity index (χ3v) is 6.48. The maximum absolute atomic E-state index is 13.0. The topological polar surface area (TPSA) is 131 Å². The number of hydrogen-bond donors (Lipinski definition) is 0. The molecule has 0 unspecified atom stereocenters. The highest BCUT2D eigenvalue weighted by molar-refractivity contribution is 7.98. The molecule has 0 spiro atoms. The molecule has 4 rings (SSSR count). The highest BCUT2D eigenvalue weighted by Gasteiger charge is 2.19.